The molecule has 0 aliphatic carbocycles. The Bertz CT molecular complexity index is 576. The molecule has 31 heavy (non-hydrogen) atoms. The first kappa shape index (κ1) is 32.8. The van der Waals surface area contributed by atoms with Crippen LogP contribution in [0.5, 0.6) is 0 Å². The van der Waals surface area contributed by atoms with Gasteiger partial charge in [-0.05, 0) is 32.1 Å². The van der Waals surface area contributed by atoms with Crippen LogP contribution in [-0.4, -0.2) is 61.1 Å². The van der Waals surface area contributed by atoms with Crippen molar-refractivity contribution in [2.75, 3.05) is 6.61 Å². The predicted octanol–water partition coefficient (Wildman–Crippen LogP) is 5.31. The first-order chi connectivity index (χ1) is 14.3. The standard InChI is InChI=1S/C22H40O7S.Na/c1-2-3-4-5-6-7-8-9-10-11-12-13-14-15-16-17-20-28-21(23)18-19-22(24)29-30(25,26)27;/h9-10H,2-8,11-20H2,1H3,(H,25,26,27);. The van der Waals surface area contributed by atoms with Gasteiger partial charge in [-0.1, -0.05) is 76.9 Å². The van der Waals surface area contributed by atoms with Gasteiger partial charge in [0.2, 0.25) is 0 Å². The third-order valence-electron chi connectivity index (χ3n) is 4.65. The summed E-state index contributed by atoms with van der Waals surface area (Å²) >= 11 is 0. The fourth-order valence-electron chi connectivity index (χ4n) is 2.97. The van der Waals surface area contributed by atoms with Crippen LogP contribution in [-0.2, 0) is 28.9 Å². The second-order valence-corrected chi connectivity index (χ2v) is 8.56. The van der Waals surface area contributed by atoms with Crippen molar-refractivity contribution in [1.82, 2.24) is 0 Å². The Morgan fingerprint density at radius 3 is 1.71 bits per heavy atom. The molecule has 177 valence electrons. The van der Waals surface area contributed by atoms with E-state index in [9.17, 15) is 18.0 Å². The summed E-state index contributed by atoms with van der Waals surface area (Å²) in [7, 11) is -4.82. The van der Waals surface area contributed by atoms with Gasteiger partial charge in [0.25, 0.3) is 0 Å². The van der Waals surface area contributed by atoms with Gasteiger partial charge in [-0.15, -0.1) is 0 Å². The summed E-state index contributed by atoms with van der Waals surface area (Å²) in [4.78, 5) is 22.4. The fraction of sp³-hybridized carbons (Fsp3) is 0.818. The van der Waals surface area contributed by atoms with E-state index in [2.05, 4.69) is 23.3 Å². The number of carbonyl (C=O) groups excluding carboxylic acids is 2. The molecule has 1 radical (unpaired) electrons. The molecule has 0 amide bonds. The van der Waals surface area contributed by atoms with Crippen LogP contribution in [0, 0.1) is 0 Å². The number of rotatable bonds is 20. The summed E-state index contributed by atoms with van der Waals surface area (Å²) in [5.41, 5.74) is 0. The van der Waals surface area contributed by atoms with Crippen molar-refractivity contribution in [1.29, 1.82) is 0 Å². The predicted molar refractivity (Wildman–Crippen MR) is 123 cm³/mol. The summed E-state index contributed by atoms with van der Waals surface area (Å²) in [5.74, 6) is -1.78. The Balaban J connectivity index is 0. The van der Waals surface area contributed by atoms with Crippen LogP contribution in [0.1, 0.15) is 110 Å². The van der Waals surface area contributed by atoms with Crippen LogP contribution in [0.3, 0.4) is 0 Å². The van der Waals surface area contributed by atoms with Crippen LogP contribution in [0.2, 0.25) is 0 Å². The summed E-state index contributed by atoms with van der Waals surface area (Å²) in [6.45, 7) is 2.53. The van der Waals surface area contributed by atoms with Crippen LogP contribution in [0.25, 0.3) is 0 Å². The van der Waals surface area contributed by atoms with Crippen LogP contribution >= 0.6 is 0 Å². The zero-order valence-corrected chi connectivity index (χ0v) is 22.3. The topological polar surface area (TPSA) is 107 Å². The average molecular weight is 472 g/mol. The molecule has 1 N–H and O–H groups in total. The minimum Gasteiger partial charge on any atom is -0.466 e. The van der Waals surface area contributed by atoms with Gasteiger partial charge < -0.3 is 8.92 Å². The maximum atomic E-state index is 11.4. The summed E-state index contributed by atoms with van der Waals surface area (Å²) in [5, 5.41) is 0. The van der Waals surface area contributed by atoms with E-state index in [1.54, 1.807) is 0 Å². The first-order valence-electron chi connectivity index (χ1n) is 11.4. The second kappa shape index (κ2) is 22.8. The van der Waals surface area contributed by atoms with Gasteiger partial charge in [0.05, 0.1) is 19.4 Å². The Kier molecular flexibility index (Phi) is 24.1. The monoisotopic (exact) mass is 471 g/mol. The molecule has 7 nitrogen and oxygen atoms in total. The van der Waals surface area contributed by atoms with Gasteiger partial charge in [0.1, 0.15) is 0 Å². The number of unbranched alkanes of at least 4 members (excludes halogenated alkanes) is 12. The molecular formula is C22H40NaO7S. The molecular weight excluding hydrogens is 431 g/mol. The quantitative estimate of drug-likeness (QED) is 0.0842. The average Bonchev–Trinajstić information content (AvgIpc) is 2.67. The van der Waals surface area contributed by atoms with E-state index in [-0.39, 0.29) is 42.6 Å². The fourth-order valence-corrected chi connectivity index (χ4v) is 3.29. The Hall–Kier alpha value is -0.410. The Morgan fingerprint density at radius 1 is 0.742 bits per heavy atom. The SMILES string of the molecule is CCCCCCCCC=CCCCCCCCCOC(=O)CCC(=O)OS(=O)(=O)O.[Na]. The van der Waals surface area contributed by atoms with Crippen LogP contribution in [0.4, 0.5) is 0 Å². The van der Waals surface area contributed by atoms with Crippen molar-refractivity contribution in [3.63, 3.8) is 0 Å². The zero-order valence-electron chi connectivity index (χ0n) is 19.5. The van der Waals surface area contributed by atoms with E-state index < -0.39 is 28.8 Å². The van der Waals surface area contributed by atoms with Crippen molar-refractivity contribution < 1.29 is 31.5 Å². The molecule has 0 aromatic heterocycles. The first-order valence-corrected chi connectivity index (χ1v) is 12.7. The molecule has 0 fully saturated rings. The number of allylic oxidation sites excluding steroid dienone is 2. The van der Waals surface area contributed by atoms with E-state index in [1.165, 1.54) is 64.2 Å². The maximum absolute atomic E-state index is 11.4. The molecule has 0 aliphatic rings. The minimum absolute atomic E-state index is 0. The van der Waals surface area contributed by atoms with Gasteiger partial charge in [0, 0.05) is 29.6 Å². The summed E-state index contributed by atoms with van der Waals surface area (Å²) in [6.07, 6.45) is 20.7. The molecule has 0 saturated carbocycles. The van der Waals surface area contributed by atoms with Crippen molar-refractivity contribution >= 4 is 51.9 Å². The van der Waals surface area contributed by atoms with E-state index in [4.69, 9.17) is 9.29 Å². The van der Waals surface area contributed by atoms with Gasteiger partial charge in [-0.25, -0.2) is 0 Å². The molecule has 0 spiro atoms. The van der Waals surface area contributed by atoms with Crippen molar-refractivity contribution in [2.45, 2.75) is 110 Å². The van der Waals surface area contributed by atoms with Gasteiger partial charge >= 0.3 is 22.3 Å². The zero-order chi connectivity index (χ0) is 22.5. The molecule has 0 bridgehead atoms. The molecule has 0 aromatic carbocycles. The van der Waals surface area contributed by atoms with Gasteiger partial charge in [-0.3, -0.25) is 14.1 Å². The summed E-state index contributed by atoms with van der Waals surface area (Å²) < 4.78 is 37.7. The van der Waals surface area contributed by atoms with Crippen molar-refractivity contribution in [2.24, 2.45) is 0 Å². The van der Waals surface area contributed by atoms with E-state index in [0.29, 0.717) is 0 Å². The Morgan fingerprint density at radius 2 is 1.19 bits per heavy atom. The normalized spacial score (nSPS) is 11.3. The number of hydrogen-bond acceptors (Lipinski definition) is 6. The molecule has 9 heteroatoms. The van der Waals surface area contributed by atoms with Crippen LogP contribution < -0.4 is 0 Å². The van der Waals surface area contributed by atoms with Crippen molar-refractivity contribution in [3.05, 3.63) is 12.2 Å². The molecule has 0 heterocycles. The van der Waals surface area contributed by atoms with Crippen LogP contribution in [0.15, 0.2) is 12.2 Å². The van der Waals surface area contributed by atoms with E-state index in [1.807, 2.05) is 0 Å². The second-order valence-electron chi connectivity index (χ2n) is 7.54. The largest absolute Gasteiger partial charge is 0.466 e. The number of hydrogen-bond donors (Lipinski definition) is 1. The van der Waals surface area contributed by atoms with Gasteiger partial charge in [0.15, 0.2) is 0 Å². The van der Waals surface area contributed by atoms with Gasteiger partial charge in [-0.2, -0.15) is 8.42 Å². The molecule has 0 atom stereocenters. The number of ether oxygens (including phenoxy) is 1. The van der Waals surface area contributed by atoms with E-state index >= 15 is 0 Å². The number of carbonyl (C=O) groups is 2. The molecule has 0 saturated heterocycles. The number of esters is 1. The molecule has 0 aliphatic heterocycles. The molecule has 0 rings (SSSR count). The third-order valence-corrected chi connectivity index (χ3v) is 5.05. The van der Waals surface area contributed by atoms with Crippen molar-refractivity contribution in [3.8, 4) is 0 Å². The van der Waals surface area contributed by atoms with E-state index in [0.717, 1.165) is 25.7 Å². The molecule has 0 unspecified atom stereocenters. The Labute approximate surface area is 211 Å². The minimum atomic E-state index is -4.82. The molecule has 0 aromatic rings. The smallest absolute Gasteiger partial charge is 0.448 e. The third kappa shape index (κ3) is 27.6. The summed E-state index contributed by atoms with van der Waals surface area (Å²) in [6, 6.07) is 0. The maximum Gasteiger partial charge on any atom is 0.448 e.